The molecule has 0 nitrogen and oxygen atoms in total. The van der Waals surface area contributed by atoms with Crippen LogP contribution in [0.4, 0.5) is 0 Å². The number of thiophene rings is 2. The van der Waals surface area contributed by atoms with Crippen LogP contribution in [0.25, 0.3) is 19.5 Å². The van der Waals surface area contributed by atoms with Crippen LogP contribution in [0.5, 0.6) is 0 Å². The van der Waals surface area contributed by atoms with E-state index >= 15 is 0 Å². The van der Waals surface area contributed by atoms with Crippen molar-refractivity contribution in [3.8, 4) is 0 Å². The lowest BCUT2D eigenvalue weighted by molar-refractivity contribution is 0.700. The molecule has 0 bridgehead atoms. The Morgan fingerprint density at radius 3 is 2.81 bits per heavy atom. The molecule has 0 saturated heterocycles. The minimum Gasteiger partial charge on any atom is -0.129 e. The molecule has 2 heteroatoms. The van der Waals surface area contributed by atoms with Crippen LogP contribution in [0.15, 0.2) is 24.3 Å². The molecule has 16 heavy (non-hydrogen) atoms. The zero-order chi connectivity index (χ0) is 10.5. The van der Waals surface area contributed by atoms with Crippen LogP contribution in [0.1, 0.15) is 23.3 Å². The Morgan fingerprint density at radius 1 is 0.938 bits per heavy atom. The van der Waals surface area contributed by atoms with E-state index in [1.807, 2.05) is 22.7 Å². The lowest BCUT2D eigenvalue weighted by atomic mass is 9.96. The van der Waals surface area contributed by atoms with Crippen molar-refractivity contribution >= 4 is 42.2 Å². The summed E-state index contributed by atoms with van der Waals surface area (Å²) in [5.74, 6) is 0. The van der Waals surface area contributed by atoms with Gasteiger partial charge >= 0.3 is 0 Å². The third-order valence-corrected chi connectivity index (χ3v) is 6.05. The summed E-state index contributed by atoms with van der Waals surface area (Å²) in [4.78, 5) is 1.67. The first-order chi connectivity index (χ1) is 7.93. The normalized spacial score (nSPS) is 15.8. The summed E-state index contributed by atoms with van der Waals surface area (Å²) in [5, 5.41) is 3.07. The maximum atomic E-state index is 2.29. The summed E-state index contributed by atoms with van der Waals surface area (Å²) in [5.41, 5.74) is 1.67. The molecule has 80 valence electrons. The van der Waals surface area contributed by atoms with Crippen LogP contribution in [-0.2, 0) is 12.8 Å². The highest BCUT2D eigenvalue weighted by Crippen LogP contribution is 2.44. The van der Waals surface area contributed by atoms with E-state index in [0.717, 1.165) is 0 Å². The van der Waals surface area contributed by atoms with Gasteiger partial charge in [-0.1, -0.05) is 18.2 Å². The summed E-state index contributed by atoms with van der Waals surface area (Å²) < 4.78 is 3.00. The van der Waals surface area contributed by atoms with Gasteiger partial charge in [0.25, 0.3) is 0 Å². The van der Waals surface area contributed by atoms with Crippen LogP contribution in [0.2, 0.25) is 0 Å². The van der Waals surface area contributed by atoms with E-state index in [2.05, 4.69) is 24.3 Å². The van der Waals surface area contributed by atoms with Crippen molar-refractivity contribution in [3.63, 3.8) is 0 Å². The van der Waals surface area contributed by atoms with Gasteiger partial charge in [0.05, 0.1) is 4.01 Å². The van der Waals surface area contributed by atoms with E-state index in [1.165, 1.54) is 35.8 Å². The van der Waals surface area contributed by atoms with E-state index in [0.29, 0.717) is 0 Å². The highest BCUT2D eigenvalue weighted by Gasteiger charge is 2.19. The highest BCUT2D eigenvalue weighted by molar-refractivity contribution is 7.41. The predicted molar refractivity (Wildman–Crippen MR) is 73.9 cm³/mol. The summed E-state index contributed by atoms with van der Waals surface area (Å²) in [6.07, 6.45) is 5.38. The molecule has 0 radical (unpaired) electrons. The van der Waals surface area contributed by atoms with E-state index in [4.69, 9.17) is 0 Å². The lowest BCUT2D eigenvalue weighted by Gasteiger charge is -2.10. The zero-order valence-corrected chi connectivity index (χ0v) is 10.6. The molecule has 3 aromatic rings. The van der Waals surface area contributed by atoms with E-state index in [9.17, 15) is 0 Å². The number of benzene rings is 1. The molecule has 0 saturated carbocycles. The van der Waals surface area contributed by atoms with Gasteiger partial charge < -0.3 is 0 Å². The van der Waals surface area contributed by atoms with Crippen molar-refractivity contribution in [2.45, 2.75) is 25.7 Å². The van der Waals surface area contributed by atoms with Crippen molar-refractivity contribution in [2.75, 3.05) is 0 Å². The molecule has 1 aliphatic rings. The monoisotopic (exact) mass is 244 g/mol. The van der Waals surface area contributed by atoms with Crippen LogP contribution in [0.3, 0.4) is 0 Å². The predicted octanol–water partition coefficient (Wildman–Crippen LogP) is 4.99. The maximum absolute atomic E-state index is 2.29. The summed E-state index contributed by atoms with van der Waals surface area (Å²) in [6.45, 7) is 0. The van der Waals surface area contributed by atoms with Gasteiger partial charge in [-0.25, -0.2) is 0 Å². The molecular formula is C14H12S2. The molecule has 0 atom stereocenters. The van der Waals surface area contributed by atoms with Crippen molar-refractivity contribution in [2.24, 2.45) is 0 Å². The van der Waals surface area contributed by atoms with Gasteiger partial charge in [0.15, 0.2) is 0 Å². The van der Waals surface area contributed by atoms with Crippen LogP contribution < -0.4 is 0 Å². The minimum atomic E-state index is 1.30. The second kappa shape index (κ2) is 3.31. The number of hydrogen-bond acceptors (Lipinski definition) is 2. The largest absolute Gasteiger partial charge is 0.129 e. The van der Waals surface area contributed by atoms with Crippen molar-refractivity contribution in [1.29, 1.82) is 0 Å². The second-order valence-electron chi connectivity index (χ2n) is 4.47. The first kappa shape index (κ1) is 9.20. The lowest BCUT2D eigenvalue weighted by Crippen LogP contribution is -1.97. The Balaban J connectivity index is 2.18. The van der Waals surface area contributed by atoms with Crippen molar-refractivity contribution < 1.29 is 0 Å². The van der Waals surface area contributed by atoms with Gasteiger partial charge in [-0.15, -0.1) is 22.7 Å². The molecule has 0 amide bonds. The Labute approximate surface area is 103 Å². The molecule has 4 rings (SSSR count). The summed E-state index contributed by atoms with van der Waals surface area (Å²) in [7, 11) is 0. The van der Waals surface area contributed by atoms with Gasteiger partial charge in [0, 0.05) is 20.3 Å². The molecule has 1 aliphatic carbocycles. The molecule has 2 aromatic heterocycles. The topological polar surface area (TPSA) is 0 Å². The third-order valence-electron chi connectivity index (χ3n) is 3.50. The Kier molecular flexibility index (Phi) is 1.91. The van der Waals surface area contributed by atoms with Crippen LogP contribution in [0, 0.1) is 0 Å². The summed E-state index contributed by atoms with van der Waals surface area (Å²) >= 11 is 4.02. The van der Waals surface area contributed by atoms with E-state index in [1.54, 1.807) is 19.8 Å². The zero-order valence-electron chi connectivity index (χ0n) is 8.95. The molecule has 1 aromatic carbocycles. The molecular weight excluding hydrogens is 232 g/mol. The van der Waals surface area contributed by atoms with Crippen molar-refractivity contribution in [1.82, 2.24) is 0 Å². The van der Waals surface area contributed by atoms with E-state index < -0.39 is 0 Å². The van der Waals surface area contributed by atoms with Crippen LogP contribution >= 0.6 is 22.7 Å². The molecule has 0 N–H and O–H groups in total. The number of aryl methyl sites for hydroxylation is 2. The average Bonchev–Trinajstić information content (AvgIpc) is 2.83. The first-order valence-electron chi connectivity index (χ1n) is 5.85. The Hall–Kier alpha value is -0.860. The fourth-order valence-electron chi connectivity index (χ4n) is 2.75. The average molecular weight is 244 g/mol. The molecule has 0 unspecified atom stereocenters. The molecule has 0 spiro atoms. The number of fused-ring (bicyclic) bond motifs is 5. The highest BCUT2D eigenvalue weighted by atomic mass is 32.2. The van der Waals surface area contributed by atoms with Gasteiger partial charge in [-0.05, 0) is 37.3 Å². The van der Waals surface area contributed by atoms with Gasteiger partial charge in [0.1, 0.15) is 0 Å². The maximum Gasteiger partial charge on any atom is 0.0883 e. The quantitative estimate of drug-likeness (QED) is 0.522. The molecule has 0 fully saturated rings. The van der Waals surface area contributed by atoms with Gasteiger partial charge in [-0.2, -0.15) is 0 Å². The fourth-order valence-corrected chi connectivity index (χ4v) is 5.58. The van der Waals surface area contributed by atoms with Gasteiger partial charge in [-0.3, -0.25) is 0 Å². The fraction of sp³-hybridized carbons (Fsp3) is 0.286. The molecule has 2 heterocycles. The minimum absolute atomic E-state index is 1.30. The molecule has 0 aliphatic heterocycles. The first-order valence-corrected chi connectivity index (χ1v) is 7.48. The standard InChI is InChI=1S/C14H12S2/c1-3-7-11-9(5-1)13-10-6-2-4-8-12(10)16-14(13)15-11/h1,3,5,7H,2,4,6,8H2. The summed E-state index contributed by atoms with van der Waals surface area (Å²) in [6, 6.07) is 8.86. The van der Waals surface area contributed by atoms with Crippen molar-refractivity contribution in [3.05, 3.63) is 34.7 Å². The number of rotatable bonds is 0. The third kappa shape index (κ3) is 1.14. The van der Waals surface area contributed by atoms with E-state index in [-0.39, 0.29) is 0 Å². The smallest absolute Gasteiger partial charge is 0.0883 e. The van der Waals surface area contributed by atoms with Crippen LogP contribution in [-0.4, -0.2) is 0 Å². The SMILES string of the molecule is c1ccc2c(c1)sc1sc3c(c12)CCCC3. The number of hydrogen-bond donors (Lipinski definition) is 0. The van der Waals surface area contributed by atoms with Gasteiger partial charge in [0.2, 0.25) is 0 Å². The Bertz CT molecular complexity index is 672. The second-order valence-corrected chi connectivity index (χ2v) is 6.89. The Morgan fingerprint density at radius 2 is 1.81 bits per heavy atom.